The van der Waals surface area contributed by atoms with Crippen LogP contribution in [-0.2, 0) is 4.79 Å². The van der Waals surface area contributed by atoms with Crippen molar-refractivity contribution in [2.24, 2.45) is 0 Å². The van der Waals surface area contributed by atoms with Crippen molar-refractivity contribution in [3.8, 4) is 17.3 Å². The molecule has 112 valence electrons. The Kier molecular flexibility index (Phi) is 4.70. The predicted octanol–water partition coefficient (Wildman–Crippen LogP) is 2.28. The second kappa shape index (κ2) is 6.69. The number of carbonyl (C=O) groups excluding carboxylic acids is 1. The number of nitrogens with one attached hydrogen (secondary N) is 2. The summed E-state index contributed by atoms with van der Waals surface area (Å²) < 4.78 is 0. The quantitative estimate of drug-likeness (QED) is 0.800. The molecule has 1 heterocycles. The van der Waals surface area contributed by atoms with E-state index >= 15 is 0 Å². The van der Waals surface area contributed by atoms with Gasteiger partial charge >= 0.3 is 6.09 Å². The van der Waals surface area contributed by atoms with Crippen LogP contribution in [0.15, 0.2) is 29.6 Å². The predicted molar refractivity (Wildman–Crippen MR) is 81.5 cm³/mol. The number of nitriles is 1. The lowest BCUT2D eigenvalue weighted by Crippen LogP contribution is -2.40. The first-order valence-corrected chi connectivity index (χ1v) is 7.14. The van der Waals surface area contributed by atoms with Crippen LogP contribution in [0.4, 0.5) is 9.93 Å². The minimum atomic E-state index is -1.26. The van der Waals surface area contributed by atoms with E-state index in [4.69, 9.17) is 10.4 Å². The third kappa shape index (κ3) is 3.80. The molecule has 1 unspecified atom stereocenters. The highest BCUT2D eigenvalue weighted by molar-refractivity contribution is 7.14. The number of carbonyl (C=O) groups is 2. The summed E-state index contributed by atoms with van der Waals surface area (Å²) in [5, 5.41) is 24.1. The molecule has 0 saturated carbocycles. The highest BCUT2D eigenvalue weighted by Crippen LogP contribution is 2.25. The maximum absolute atomic E-state index is 11.8. The summed E-state index contributed by atoms with van der Waals surface area (Å²) in [4.78, 5) is 26.5. The largest absolute Gasteiger partial charge is 0.465 e. The van der Waals surface area contributed by atoms with Crippen molar-refractivity contribution in [1.29, 1.82) is 5.26 Å². The fourth-order valence-corrected chi connectivity index (χ4v) is 2.37. The summed E-state index contributed by atoms with van der Waals surface area (Å²) in [5.41, 5.74) is 2.05. The van der Waals surface area contributed by atoms with Gasteiger partial charge < -0.3 is 15.7 Å². The first-order chi connectivity index (χ1) is 10.5. The van der Waals surface area contributed by atoms with Crippen LogP contribution in [0.1, 0.15) is 12.5 Å². The second-order valence-electron chi connectivity index (χ2n) is 4.39. The Bertz CT molecular complexity index is 733. The summed E-state index contributed by atoms with van der Waals surface area (Å²) in [6.45, 7) is 1.44. The van der Waals surface area contributed by atoms with Crippen molar-refractivity contribution in [2.45, 2.75) is 13.0 Å². The molecule has 0 radical (unpaired) electrons. The van der Waals surface area contributed by atoms with Crippen molar-refractivity contribution < 1.29 is 14.7 Å². The molecule has 0 saturated heterocycles. The van der Waals surface area contributed by atoms with Crippen LogP contribution in [0.25, 0.3) is 11.3 Å². The molecule has 8 heteroatoms. The molecule has 2 aromatic rings. The number of hydrogen-bond donors (Lipinski definition) is 3. The smallest absolute Gasteiger partial charge is 0.405 e. The number of aromatic nitrogens is 1. The van der Waals surface area contributed by atoms with E-state index in [1.807, 2.05) is 6.07 Å². The number of carboxylic acid groups (broad SMARTS) is 1. The molecule has 1 aromatic carbocycles. The number of nitrogens with zero attached hydrogens (tertiary/aromatic N) is 2. The molecule has 0 fully saturated rings. The fourth-order valence-electron chi connectivity index (χ4n) is 1.64. The van der Waals surface area contributed by atoms with Gasteiger partial charge in [-0.1, -0.05) is 12.1 Å². The number of thiazole rings is 1. The van der Waals surface area contributed by atoms with Gasteiger partial charge in [-0.3, -0.25) is 4.79 Å². The number of amides is 2. The monoisotopic (exact) mass is 316 g/mol. The molecule has 1 atom stereocenters. The van der Waals surface area contributed by atoms with Gasteiger partial charge in [-0.2, -0.15) is 5.26 Å². The molecular formula is C14H12N4O3S. The summed E-state index contributed by atoms with van der Waals surface area (Å²) in [6.07, 6.45) is -1.26. The molecule has 2 amide bonds. The van der Waals surface area contributed by atoms with Crippen molar-refractivity contribution in [3.63, 3.8) is 0 Å². The molecule has 3 N–H and O–H groups in total. The number of anilines is 1. The summed E-state index contributed by atoms with van der Waals surface area (Å²) in [7, 11) is 0. The molecule has 0 spiro atoms. The maximum Gasteiger partial charge on any atom is 0.405 e. The van der Waals surface area contributed by atoms with E-state index < -0.39 is 18.0 Å². The van der Waals surface area contributed by atoms with Crippen LogP contribution in [0.3, 0.4) is 0 Å². The first-order valence-electron chi connectivity index (χ1n) is 6.26. The lowest BCUT2D eigenvalue weighted by Gasteiger charge is -2.09. The molecule has 0 aliphatic carbocycles. The van der Waals surface area contributed by atoms with E-state index in [1.165, 1.54) is 18.3 Å². The van der Waals surface area contributed by atoms with Crippen molar-refractivity contribution in [3.05, 3.63) is 35.2 Å². The summed E-state index contributed by atoms with van der Waals surface area (Å²) in [5.74, 6) is -0.483. The van der Waals surface area contributed by atoms with Gasteiger partial charge in [0.05, 0.1) is 17.3 Å². The molecule has 0 aliphatic heterocycles. The zero-order chi connectivity index (χ0) is 16.1. The Morgan fingerprint density at radius 3 is 2.64 bits per heavy atom. The SMILES string of the molecule is CC(NC(=O)O)C(=O)Nc1nc(-c2ccc(C#N)cc2)cs1. The summed E-state index contributed by atoms with van der Waals surface area (Å²) in [6, 6.07) is 8.08. The van der Waals surface area contributed by atoms with Crippen LogP contribution >= 0.6 is 11.3 Å². The fraction of sp³-hybridized carbons (Fsp3) is 0.143. The van der Waals surface area contributed by atoms with Crippen LogP contribution in [0.5, 0.6) is 0 Å². The number of hydrogen-bond acceptors (Lipinski definition) is 5. The van der Waals surface area contributed by atoms with Crippen LogP contribution in [-0.4, -0.2) is 28.1 Å². The highest BCUT2D eigenvalue weighted by Gasteiger charge is 2.16. The third-order valence-electron chi connectivity index (χ3n) is 2.78. The Hall–Kier alpha value is -2.92. The van der Waals surface area contributed by atoms with Gasteiger partial charge in [0.15, 0.2) is 5.13 Å². The minimum absolute atomic E-state index is 0.378. The van der Waals surface area contributed by atoms with Gasteiger partial charge in [0, 0.05) is 10.9 Å². The van der Waals surface area contributed by atoms with Crippen molar-refractivity contribution in [1.82, 2.24) is 10.3 Å². The van der Waals surface area contributed by atoms with Gasteiger partial charge in [0.25, 0.3) is 0 Å². The average molecular weight is 316 g/mol. The first kappa shape index (κ1) is 15.5. The molecular weight excluding hydrogens is 304 g/mol. The van der Waals surface area contributed by atoms with E-state index in [-0.39, 0.29) is 0 Å². The standard InChI is InChI=1S/C14H12N4O3S/c1-8(16-14(20)21)12(19)18-13-17-11(7-22-13)10-4-2-9(6-15)3-5-10/h2-5,7-8,16H,1H3,(H,20,21)(H,17,18,19). The van der Waals surface area contributed by atoms with Gasteiger partial charge in [0.2, 0.25) is 5.91 Å². The minimum Gasteiger partial charge on any atom is -0.465 e. The van der Waals surface area contributed by atoms with E-state index in [2.05, 4.69) is 15.6 Å². The molecule has 7 nitrogen and oxygen atoms in total. The Labute approximate surface area is 130 Å². The van der Waals surface area contributed by atoms with E-state index in [1.54, 1.807) is 29.6 Å². The van der Waals surface area contributed by atoms with E-state index in [0.29, 0.717) is 16.4 Å². The van der Waals surface area contributed by atoms with Crippen LogP contribution < -0.4 is 10.6 Å². The van der Waals surface area contributed by atoms with Crippen molar-refractivity contribution in [2.75, 3.05) is 5.32 Å². The topological polar surface area (TPSA) is 115 Å². The molecule has 0 aliphatic rings. The normalized spacial score (nSPS) is 11.3. The van der Waals surface area contributed by atoms with Gasteiger partial charge in [-0.25, -0.2) is 9.78 Å². The lowest BCUT2D eigenvalue weighted by molar-refractivity contribution is -0.117. The molecule has 22 heavy (non-hydrogen) atoms. The number of benzene rings is 1. The Morgan fingerprint density at radius 1 is 1.36 bits per heavy atom. The average Bonchev–Trinajstić information content (AvgIpc) is 2.95. The van der Waals surface area contributed by atoms with Crippen molar-refractivity contribution >= 4 is 28.5 Å². The zero-order valence-electron chi connectivity index (χ0n) is 11.5. The van der Waals surface area contributed by atoms with Gasteiger partial charge in [-0.05, 0) is 19.1 Å². The van der Waals surface area contributed by atoms with E-state index in [0.717, 1.165) is 5.56 Å². The molecule has 0 bridgehead atoms. The lowest BCUT2D eigenvalue weighted by atomic mass is 10.1. The summed E-state index contributed by atoms with van der Waals surface area (Å²) >= 11 is 1.24. The van der Waals surface area contributed by atoms with E-state index in [9.17, 15) is 9.59 Å². The second-order valence-corrected chi connectivity index (χ2v) is 5.25. The van der Waals surface area contributed by atoms with Gasteiger partial charge in [-0.15, -0.1) is 11.3 Å². The number of rotatable bonds is 4. The molecule has 2 rings (SSSR count). The maximum atomic E-state index is 11.8. The van der Waals surface area contributed by atoms with Gasteiger partial charge in [0.1, 0.15) is 6.04 Å². The van der Waals surface area contributed by atoms with Crippen LogP contribution in [0.2, 0.25) is 0 Å². The third-order valence-corrected chi connectivity index (χ3v) is 3.54. The molecule has 1 aromatic heterocycles. The highest BCUT2D eigenvalue weighted by atomic mass is 32.1. The Morgan fingerprint density at radius 2 is 2.05 bits per heavy atom. The zero-order valence-corrected chi connectivity index (χ0v) is 12.3. The Balaban J connectivity index is 2.06. The van der Waals surface area contributed by atoms with Crippen LogP contribution in [0, 0.1) is 11.3 Å².